The van der Waals surface area contributed by atoms with Crippen LogP contribution >= 0.6 is 12.2 Å². The molecule has 0 spiro atoms. The minimum atomic E-state index is -0.589. The van der Waals surface area contributed by atoms with E-state index in [0.717, 1.165) is 0 Å². The van der Waals surface area contributed by atoms with Crippen molar-refractivity contribution >= 4 is 23.1 Å². The first-order valence-corrected chi connectivity index (χ1v) is 6.65. The van der Waals surface area contributed by atoms with E-state index in [9.17, 15) is 4.79 Å². The predicted molar refractivity (Wildman–Crippen MR) is 80.3 cm³/mol. The van der Waals surface area contributed by atoms with E-state index in [0.29, 0.717) is 23.8 Å². The van der Waals surface area contributed by atoms with Gasteiger partial charge >= 0.3 is 0 Å². The summed E-state index contributed by atoms with van der Waals surface area (Å²) in [4.78, 5) is 12.1. The molecule has 104 valence electrons. The monoisotopic (exact) mass is 280 g/mol. The summed E-state index contributed by atoms with van der Waals surface area (Å²) in [5.74, 6) is 0.786. The molecule has 0 fully saturated rings. The first-order valence-electron chi connectivity index (χ1n) is 6.25. The van der Waals surface area contributed by atoms with Crippen LogP contribution in [0.5, 0.6) is 5.75 Å². The molecule has 1 unspecified atom stereocenters. The molecule has 0 bridgehead atoms. The number of carbonyl (C=O) groups excluding carboxylic acids is 1. The number of ether oxygens (including phenoxy) is 1. The molecule has 3 N–H and O–H groups in total. The van der Waals surface area contributed by atoms with E-state index >= 15 is 0 Å². The average molecular weight is 280 g/mol. The number of para-hydroxylation sites is 1. The predicted octanol–water partition coefficient (Wildman–Crippen LogP) is 1.86. The topological polar surface area (TPSA) is 64.3 Å². The van der Waals surface area contributed by atoms with E-state index in [1.807, 2.05) is 26.0 Å². The molecule has 1 aromatic rings. The first-order chi connectivity index (χ1) is 8.91. The van der Waals surface area contributed by atoms with Crippen LogP contribution in [0.1, 0.15) is 26.3 Å². The van der Waals surface area contributed by atoms with Gasteiger partial charge in [0.15, 0.2) is 6.10 Å². The highest BCUT2D eigenvalue weighted by molar-refractivity contribution is 7.80. The standard InChI is InChI=1S/C14H20N2O2S/c1-9(2)8-16-14(17)10(3)18-12-7-5-4-6-11(12)13(15)19/h4-7,9-10H,8H2,1-3H3,(H2,15,19)(H,16,17). The highest BCUT2D eigenvalue weighted by Gasteiger charge is 2.16. The lowest BCUT2D eigenvalue weighted by atomic mass is 10.2. The van der Waals surface area contributed by atoms with Crippen molar-refractivity contribution in [3.05, 3.63) is 29.8 Å². The lowest BCUT2D eigenvalue weighted by molar-refractivity contribution is -0.127. The Morgan fingerprint density at radius 3 is 2.58 bits per heavy atom. The van der Waals surface area contributed by atoms with E-state index in [2.05, 4.69) is 5.32 Å². The molecule has 0 aliphatic rings. The van der Waals surface area contributed by atoms with Crippen molar-refractivity contribution in [2.24, 2.45) is 11.7 Å². The second kappa shape index (κ2) is 7.09. The minimum Gasteiger partial charge on any atom is -0.480 e. The van der Waals surface area contributed by atoms with E-state index < -0.39 is 6.10 Å². The number of hydrogen-bond donors (Lipinski definition) is 2. The van der Waals surface area contributed by atoms with Crippen molar-refractivity contribution in [3.8, 4) is 5.75 Å². The van der Waals surface area contributed by atoms with Crippen LogP contribution in [0.25, 0.3) is 0 Å². The fourth-order valence-electron chi connectivity index (χ4n) is 1.47. The summed E-state index contributed by atoms with van der Waals surface area (Å²) >= 11 is 4.95. The lowest BCUT2D eigenvalue weighted by Gasteiger charge is -2.17. The molecule has 0 saturated heterocycles. The summed E-state index contributed by atoms with van der Waals surface area (Å²) in [6.07, 6.45) is -0.589. The maximum absolute atomic E-state index is 11.8. The molecule has 0 aliphatic carbocycles. The third kappa shape index (κ3) is 4.87. The fraction of sp³-hybridized carbons (Fsp3) is 0.429. The minimum absolute atomic E-state index is 0.147. The maximum atomic E-state index is 11.8. The third-order valence-corrected chi connectivity index (χ3v) is 2.73. The fourth-order valence-corrected chi connectivity index (χ4v) is 1.63. The van der Waals surface area contributed by atoms with E-state index in [4.69, 9.17) is 22.7 Å². The molecule has 1 atom stereocenters. The SMILES string of the molecule is CC(C)CNC(=O)C(C)Oc1ccccc1C(N)=S. The Kier molecular flexibility index (Phi) is 5.76. The Balaban J connectivity index is 2.69. The largest absolute Gasteiger partial charge is 0.480 e. The highest BCUT2D eigenvalue weighted by atomic mass is 32.1. The quantitative estimate of drug-likeness (QED) is 0.781. The number of thiocarbonyl (C=S) groups is 1. The lowest BCUT2D eigenvalue weighted by Crippen LogP contribution is -2.38. The van der Waals surface area contributed by atoms with Crippen LogP contribution in [0.4, 0.5) is 0 Å². The van der Waals surface area contributed by atoms with E-state index in [1.54, 1.807) is 19.1 Å². The van der Waals surface area contributed by atoms with Gasteiger partial charge < -0.3 is 15.8 Å². The van der Waals surface area contributed by atoms with Crippen LogP contribution in [-0.4, -0.2) is 23.5 Å². The zero-order valence-electron chi connectivity index (χ0n) is 11.5. The number of benzene rings is 1. The Morgan fingerprint density at radius 1 is 1.37 bits per heavy atom. The van der Waals surface area contributed by atoms with Gasteiger partial charge in [-0.05, 0) is 25.0 Å². The second-order valence-electron chi connectivity index (χ2n) is 4.76. The van der Waals surface area contributed by atoms with Gasteiger partial charge in [0.2, 0.25) is 0 Å². The number of amides is 1. The molecule has 0 radical (unpaired) electrons. The van der Waals surface area contributed by atoms with Gasteiger partial charge in [0.05, 0.1) is 5.56 Å². The van der Waals surface area contributed by atoms with Gasteiger partial charge in [0, 0.05) is 6.54 Å². The first kappa shape index (κ1) is 15.4. The van der Waals surface area contributed by atoms with Gasteiger partial charge in [-0.15, -0.1) is 0 Å². The van der Waals surface area contributed by atoms with Crippen LogP contribution in [0.2, 0.25) is 0 Å². The molecule has 0 aromatic heterocycles. The Bertz CT molecular complexity index is 461. The number of nitrogens with two attached hydrogens (primary N) is 1. The summed E-state index contributed by atoms with van der Waals surface area (Å²) in [7, 11) is 0. The summed E-state index contributed by atoms with van der Waals surface area (Å²) in [6.45, 7) is 6.40. The van der Waals surface area contributed by atoms with Crippen molar-refractivity contribution in [3.63, 3.8) is 0 Å². The van der Waals surface area contributed by atoms with Crippen molar-refractivity contribution in [2.45, 2.75) is 26.9 Å². The highest BCUT2D eigenvalue weighted by Crippen LogP contribution is 2.19. The molecule has 0 aliphatic heterocycles. The molecule has 0 saturated carbocycles. The van der Waals surface area contributed by atoms with Gasteiger partial charge in [0.25, 0.3) is 5.91 Å². The van der Waals surface area contributed by atoms with Gasteiger partial charge in [-0.1, -0.05) is 38.2 Å². The summed E-state index contributed by atoms with van der Waals surface area (Å²) in [6, 6.07) is 7.16. The molecule has 1 aromatic carbocycles. The van der Waals surface area contributed by atoms with Gasteiger partial charge in [0.1, 0.15) is 10.7 Å². The molecule has 1 amide bonds. The second-order valence-corrected chi connectivity index (χ2v) is 5.20. The number of rotatable bonds is 6. The van der Waals surface area contributed by atoms with Crippen LogP contribution in [-0.2, 0) is 4.79 Å². The van der Waals surface area contributed by atoms with E-state index in [1.165, 1.54) is 0 Å². The normalized spacial score (nSPS) is 12.0. The van der Waals surface area contributed by atoms with E-state index in [-0.39, 0.29) is 10.9 Å². The Hall–Kier alpha value is -1.62. The van der Waals surface area contributed by atoms with Crippen LogP contribution in [0.3, 0.4) is 0 Å². The zero-order chi connectivity index (χ0) is 14.4. The molecular formula is C14H20N2O2S. The molecule has 1 rings (SSSR count). The van der Waals surface area contributed by atoms with Crippen molar-refractivity contribution in [2.75, 3.05) is 6.54 Å². The van der Waals surface area contributed by atoms with Crippen LogP contribution in [0.15, 0.2) is 24.3 Å². The molecule has 5 heteroatoms. The van der Waals surface area contributed by atoms with Gasteiger partial charge in [-0.3, -0.25) is 4.79 Å². The van der Waals surface area contributed by atoms with Gasteiger partial charge in [-0.2, -0.15) is 0 Å². The number of hydrogen-bond acceptors (Lipinski definition) is 3. The molecule has 4 nitrogen and oxygen atoms in total. The summed E-state index contributed by atoms with van der Waals surface area (Å²) in [5.41, 5.74) is 6.26. The molecular weight excluding hydrogens is 260 g/mol. The van der Waals surface area contributed by atoms with Crippen LogP contribution in [0, 0.1) is 5.92 Å². The number of nitrogens with one attached hydrogen (secondary N) is 1. The maximum Gasteiger partial charge on any atom is 0.260 e. The summed E-state index contributed by atoms with van der Waals surface area (Å²) in [5, 5.41) is 2.82. The average Bonchev–Trinajstić information content (AvgIpc) is 2.36. The summed E-state index contributed by atoms with van der Waals surface area (Å²) < 4.78 is 5.62. The van der Waals surface area contributed by atoms with Crippen molar-refractivity contribution < 1.29 is 9.53 Å². The third-order valence-electron chi connectivity index (χ3n) is 2.51. The van der Waals surface area contributed by atoms with Gasteiger partial charge in [-0.25, -0.2) is 0 Å². The smallest absolute Gasteiger partial charge is 0.260 e. The van der Waals surface area contributed by atoms with Crippen molar-refractivity contribution in [1.29, 1.82) is 0 Å². The zero-order valence-corrected chi connectivity index (χ0v) is 12.3. The van der Waals surface area contributed by atoms with Crippen molar-refractivity contribution in [1.82, 2.24) is 5.32 Å². The van der Waals surface area contributed by atoms with Crippen LogP contribution < -0.4 is 15.8 Å². The Morgan fingerprint density at radius 2 is 2.00 bits per heavy atom. The molecule has 0 heterocycles. The Labute approximate surface area is 119 Å². The molecule has 19 heavy (non-hydrogen) atoms. The number of carbonyl (C=O) groups is 1.